The van der Waals surface area contributed by atoms with Crippen LogP contribution < -0.4 is 10.9 Å². The number of aromatic nitrogens is 2. The van der Waals surface area contributed by atoms with Gasteiger partial charge in [0.2, 0.25) is 5.91 Å². The number of thioether (sulfide) groups is 1. The minimum absolute atomic E-state index is 0.0333. The van der Waals surface area contributed by atoms with Crippen molar-refractivity contribution in [1.82, 2.24) is 14.9 Å². The largest absolute Gasteiger partial charge is 0.376 e. The molecule has 1 aromatic heterocycles. The lowest BCUT2D eigenvalue weighted by molar-refractivity contribution is -0.120. The highest BCUT2D eigenvalue weighted by atomic mass is 35.5. The van der Waals surface area contributed by atoms with E-state index >= 15 is 0 Å². The van der Waals surface area contributed by atoms with Crippen LogP contribution in [-0.2, 0) is 16.1 Å². The van der Waals surface area contributed by atoms with E-state index in [0.717, 1.165) is 31.2 Å². The first-order chi connectivity index (χ1) is 15.6. The Labute approximate surface area is 195 Å². The number of rotatable bonds is 7. The molecule has 0 spiro atoms. The van der Waals surface area contributed by atoms with Crippen molar-refractivity contribution in [3.05, 3.63) is 69.5 Å². The van der Waals surface area contributed by atoms with Gasteiger partial charge in [0.25, 0.3) is 5.56 Å². The second-order valence-corrected chi connectivity index (χ2v) is 9.81. The van der Waals surface area contributed by atoms with E-state index in [9.17, 15) is 9.59 Å². The topological polar surface area (TPSA) is 73.2 Å². The second kappa shape index (κ2) is 9.25. The fourth-order valence-corrected chi connectivity index (χ4v) is 5.21. The fraction of sp³-hybridized carbons (Fsp3) is 0.375. The van der Waals surface area contributed by atoms with Gasteiger partial charge in [0.05, 0.1) is 23.6 Å². The molecule has 1 N–H and O–H groups in total. The van der Waals surface area contributed by atoms with Gasteiger partial charge in [-0.25, -0.2) is 4.98 Å². The van der Waals surface area contributed by atoms with Crippen molar-refractivity contribution in [1.29, 1.82) is 0 Å². The number of benzene rings is 2. The predicted octanol–water partition coefficient (Wildman–Crippen LogP) is 4.34. The van der Waals surface area contributed by atoms with Crippen LogP contribution in [0.25, 0.3) is 10.9 Å². The molecule has 32 heavy (non-hydrogen) atoms. The molecule has 2 aliphatic rings. The highest BCUT2D eigenvalue weighted by molar-refractivity contribution is 8.00. The molecule has 8 heteroatoms. The summed E-state index contributed by atoms with van der Waals surface area (Å²) in [5, 5.41) is 4.11. The molecule has 1 saturated heterocycles. The van der Waals surface area contributed by atoms with Crippen molar-refractivity contribution in [3.63, 3.8) is 0 Å². The lowest BCUT2D eigenvalue weighted by Gasteiger charge is -2.21. The standard InChI is InChI=1S/C24H24ClN3O3S/c25-16-8-11-19-20(13-16)27-24(28(23(19)30)14-18-7-4-12-31-18)32-21(15-5-2-1-3-6-15)22(29)26-17-9-10-17/h1-3,5-6,8,11,13,17-18,21H,4,7,9-10,12,14H2,(H,26,29)/t18-,21+/m0/s1. The number of fused-ring (bicyclic) bond motifs is 1. The van der Waals surface area contributed by atoms with Crippen molar-refractivity contribution in [3.8, 4) is 0 Å². The van der Waals surface area contributed by atoms with Crippen LogP contribution in [0.3, 0.4) is 0 Å². The molecule has 6 nitrogen and oxygen atoms in total. The molecule has 0 unspecified atom stereocenters. The Balaban J connectivity index is 1.57. The summed E-state index contributed by atoms with van der Waals surface area (Å²) >= 11 is 7.48. The quantitative estimate of drug-likeness (QED) is 0.411. The zero-order valence-electron chi connectivity index (χ0n) is 17.5. The maximum Gasteiger partial charge on any atom is 0.262 e. The van der Waals surface area contributed by atoms with Gasteiger partial charge in [-0.1, -0.05) is 53.7 Å². The van der Waals surface area contributed by atoms with Gasteiger partial charge < -0.3 is 10.1 Å². The van der Waals surface area contributed by atoms with Gasteiger partial charge in [-0.15, -0.1) is 0 Å². The molecule has 166 valence electrons. The summed E-state index contributed by atoms with van der Waals surface area (Å²) in [6, 6.07) is 15.0. The van der Waals surface area contributed by atoms with Gasteiger partial charge in [-0.05, 0) is 49.4 Å². The Kier molecular flexibility index (Phi) is 6.22. The van der Waals surface area contributed by atoms with Gasteiger partial charge in [-0.3, -0.25) is 14.2 Å². The van der Waals surface area contributed by atoms with Crippen molar-refractivity contribution in [2.45, 2.75) is 54.8 Å². The molecule has 2 heterocycles. The first-order valence-corrected chi connectivity index (χ1v) is 12.2. The molecule has 0 bridgehead atoms. The van der Waals surface area contributed by atoms with Crippen LogP contribution in [0.4, 0.5) is 0 Å². The zero-order chi connectivity index (χ0) is 22.1. The number of carbonyl (C=O) groups excluding carboxylic acids is 1. The SMILES string of the molecule is O=C(NC1CC1)[C@H](Sc1nc2cc(Cl)ccc2c(=O)n1C[C@@H]1CCCO1)c1ccccc1. The highest BCUT2D eigenvalue weighted by Gasteiger charge is 2.31. The first kappa shape index (κ1) is 21.5. The van der Waals surface area contributed by atoms with E-state index in [4.69, 9.17) is 21.3 Å². The summed E-state index contributed by atoms with van der Waals surface area (Å²) in [7, 11) is 0. The van der Waals surface area contributed by atoms with Crippen molar-refractivity contribution >= 4 is 40.2 Å². The number of hydrogen-bond donors (Lipinski definition) is 1. The molecular weight excluding hydrogens is 446 g/mol. The Morgan fingerprint density at radius 2 is 2.03 bits per heavy atom. The van der Waals surface area contributed by atoms with E-state index in [-0.39, 0.29) is 23.6 Å². The fourth-order valence-electron chi connectivity index (χ4n) is 3.93. The lowest BCUT2D eigenvalue weighted by atomic mass is 10.1. The van der Waals surface area contributed by atoms with E-state index in [1.165, 1.54) is 11.8 Å². The molecule has 2 fully saturated rings. The average molecular weight is 470 g/mol. The van der Waals surface area contributed by atoms with E-state index < -0.39 is 5.25 Å². The second-order valence-electron chi connectivity index (χ2n) is 8.30. The monoisotopic (exact) mass is 469 g/mol. The van der Waals surface area contributed by atoms with Crippen LogP contribution >= 0.6 is 23.4 Å². The molecule has 0 radical (unpaired) electrons. The number of nitrogens with zero attached hydrogens (tertiary/aromatic N) is 2. The summed E-state index contributed by atoms with van der Waals surface area (Å²) in [5.41, 5.74) is 1.27. The average Bonchev–Trinajstić information content (AvgIpc) is 3.45. The lowest BCUT2D eigenvalue weighted by Crippen LogP contribution is -2.32. The zero-order valence-corrected chi connectivity index (χ0v) is 19.1. The number of halogens is 1. The molecule has 1 saturated carbocycles. The number of hydrogen-bond acceptors (Lipinski definition) is 5. The summed E-state index contributed by atoms with van der Waals surface area (Å²) in [4.78, 5) is 31.4. The molecule has 1 aliphatic carbocycles. The van der Waals surface area contributed by atoms with Crippen molar-refractivity contribution < 1.29 is 9.53 Å². The maximum absolute atomic E-state index is 13.4. The smallest absolute Gasteiger partial charge is 0.262 e. The van der Waals surface area contributed by atoms with Crippen LogP contribution in [-0.4, -0.2) is 34.2 Å². The number of carbonyl (C=O) groups is 1. The van der Waals surface area contributed by atoms with E-state index in [2.05, 4.69) is 5.32 Å². The summed E-state index contributed by atoms with van der Waals surface area (Å²) in [5.74, 6) is -0.0622. The summed E-state index contributed by atoms with van der Waals surface area (Å²) in [6.45, 7) is 1.12. The van der Waals surface area contributed by atoms with Crippen LogP contribution in [0.5, 0.6) is 0 Å². The van der Waals surface area contributed by atoms with Crippen molar-refractivity contribution in [2.75, 3.05) is 6.61 Å². The molecule has 2 aromatic carbocycles. The van der Waals surface area contributed by atoms with E-state index in [0.29, 0.717) is 34.2 Å². The third kappa shape index (κ3) is 4.70. The molecular formula is C24H24ClN3O3S. The van der Waals surface area contributed by atoms with Crippen LogP contribution in [0.15, 0.2) is 58.5 Å². The molecule has 1 amide bonds. The predicted molar refractivity (Wildman–Crippen MR) is 126 cm³/mol. The van der Waals surface area contributed by atoms with Gasteiger partial charge in [-0.2, -0.15) is 0 Å². The van der Waals surface area contributed by atoms with Crippen LogP contribution in [0.2, 0.25) is 5.02 Å². The molecule has 3 aromatic rings. The number of amides is 1. The Bertz CT molecular complexity index is 1190. The Morgan fingerprint density at radius 1 is 1.22 bits per heavy atom. The minimum Gasteiger partial charge on any atom is -0.376 e. The molecule has 2 atom stereocenters. The Hall–Kier alpha value is -2.35. The Morgan fingerprint density at radius 3 is 2.75 bits per heavy atom. The number of nitrogens with one attached hydrogen (secondary N) is 1. The highest BCUT2D eigenvalue weighted by Crippen LogP contribution is 2.36. The molecule has 1 aliphatic heterocycles. The maximum atomic E-state index is 13.4. The number of ether oxygens (including phenoxy) is 1. The normalized spacial score (nSPS) is 19.2. The van der Waals surface area contributed by atoms with Crippen molar-refractivity contribution in [2.24, 2.45) is 0 Å². The van der Waals surface area contributed by atoms with Crippen LogP contribution in [0, 0.1) is 0 Å². The third-order valence-electron chi connectivity index (χ3n) is 5.78. The van der Waals surface area contributed by atoms with Gasteiger partial charge in [0.1, 0.15) is 5.25 Å². The van der Waals surface area contributed by atoms with Gasteiger partial charge in [0.15, 0.2) is 5.16 Å². The van der Waals surface area contributed by atoms with Gasteiger partial charge in [0, 0.05) is 17.7 Å². The minimum atomic E-state index is -0.518. The third-order valence-corrected chi connectivity index (χ3v) is 7.26. The van der Waals surface area contributed by atoms with Gasteiger partial charge >= 0.3 is 0 Å². The van der Waals surface area contributed by atoms with E-state index in [1.807, 2.05) is 30.3 Å². The first-order valence-electron chi connectivity index (χ1n) is 10.9. The molecule has 5 rings (SSSR count). The summed E-state index contributed by atoms with van der Waals surface area (Å²) < 4.78 is 7.46. The summed E-state index contributed by atoms with van der Waals surface area (Å²) in [6.07, 6.45) is 3.87. The van der Waals surface area contributed by atoms with E-state index in [1.54, 1.807) is 22.8 Å². The van der Waals surface area contributed by atoms with Crippen LogP contribution in [0.1, 0.15) is 36.5 Å².